The highest BCUT2D eigenvalue weighted by atomic mass is 16.4. The summed E-state index contributed by atoms with van der Waals surface area (Å²) >= 11 is 0. The first-order chi connectivity index (χ1) is 7.77. The van der Waals surface area contributed by atoms with Gasteiger partial charge >= 0.3 is 5.97 Å². The molecule has 0 spiro atoms. The number of aromatic carboxylic acids is 1. The number of nitrogens with one attached hydrogen (secondary N) is 1. The first-order valence-electron chi connectivity index (χ1n) is 5.69. The highest BCUT2D eigenvalue weighted by molar-refractivity contribution is 5.92. The fraction of sp³-hybridized carbons (Fsp3) is 0.500. The Morgan fingerprint density at radius 3 is 3.00 bits per heavy atom. The van der Waals surface area contributed by atoms with E-state index in [4.69, 9.17) is 5.11 Å². The minimum Gasteiger partial charge on any atom is -0.478 e. The lowest BCUT2D eigenvalue weighted by molar-refractivity contribution is 0.0697. The maximum Gasteiger partial charge on any atom is 0.339 e. The molecule has 0 amide bonds. The zero-order chi connectivity index (χ0) is 11.4. The average Bonchev–Trinajstić information content (AvgIpc) is 2.22. The topological polar surface area (TPSA) is 62.2 Å². The van der Waals surface area contributed by atoms with E-state index in [-0.39, 0.29) is 5.56 Å². The molecule has 86 valence electrons. The Kier molecular flexibility index (Phi) is 3.39. The van der Waals surface area contributed by atoms with Gasteiger partial charge in [-0.15, -0.1) is 0 Å². The predicted octanol–water partition coefficient (Wildman–Crippen LogP) is 2.38. The number of pyridine rings is 1. The van der Waals surface area contributed by atoms with E-state index in [0.717, 1.165) is 18.9 Å². The van der Waals surface area contributed by atoms with Crippen molar-refractivity contribution in [1.82, 2.24) is 4.98 Å². The summed E-state index contributed by atoms with van der Waals surface area (Å²) in [5.41, 5.74) is 0.246. The molecule has 4 nitrogen and oxygen atoms in total. The number of anilines is 1. The van der Waals surface area contributed by atoms with Gasteiger partial charge in [0.15, 0.2) is 0 Å². The Labute approximate surface area is 94.7 Å². The van der Waals surface area contributed by atoms with Crippen molar-refractivity contribution in [1.29, 1.82) is 0 Å². The van der Waals surface area contributed by atoms with Crippen molar-refractivity contribution in [2.24, 2.45) is 5.92 Å². The van der Waals surface area contributed by atoms with E-state index >= 15 is 0 Å². The molecular weight excluding hydrogens is 204 g/mol. The van der Waals surface area contributed by atoms with E-state index in [9.17, 15) is 4.79 Å². The van der Waals surface area contributed by atoms with Gasteiger partial charge < -0.3 is 10.4 Å². The van der Waals surface area contributed by atoms with Crippen LogP contribution in [0.2, 0.25) is 0 Å². The lowest BCUT2D eigenvalue weighted by Gasteiger charge is -2.25. The molecule has 0 radical (unpaired) electrons. The Bertz CT molecular complexity index is 375. The number of carbonyl (C=O) groups is 1. The molecule has 0 saturated heterocycles. The summed E-state index contributed by atoms with van der Waals surface area (Å²) in [4.78, 5) is 15.0. The standard InChI is InChI=1S/C12H16N2O2/c15-12(16)10-5-2-7-13-11(10)14-8-6-9-3-1-4-9/h2,5,7,9H,1,3-4,6,8H2,(H,13,14)(H,15,16). The van der Waals surface area contributed by atoms with Crippen LogP contribution in [0.5, 0.6) is 0 Å². The quantitative estimate of drug-likeness (QED) is 0.799. The van der Waals surface area contributed by atoms with Crippen molar-refractivity contribution in [3.8, 4) is 0 Å². The number of rotatable bonds is 5. The van der Waals surface area contributed by atoms with Crippen molar-refractivity contribution in [3.05, 3.63) is 23.9 Å². The highest BCUT2D eigenvalue weighted by Gasteiger charge is 2.17. The summed E-state index contributed by atoms with van der Waals surface area (Å²) in [6.07, 6.45) is 6.69. The number of nitrogens with zero attached hydrogens (tertiary/aromatic N) is 1. The summed E-state index contributed by atoms with van der Waals surface area (Å²) in [6.45, 7) is 0.807. The largest absolute Gasteiger partial charge is 0.478 e. The summed E-state index contributed by atoms with van der Waals surface area (Å²) < 4.78 is 0. The number of aromatic nitrogens is 1. The Hall–Kier alpha value is -1.58. The molecule has 1 saturated carbocycles. The van der Waals surface area contributed by atoms with Crippen molar-refractivity contribution < 1.29 is 9.90 Å². The van der Waals surface area contributed by atoms with E-state index < -0.39 is 5.97 Å². The first-order valence-corrected chi connectivity index (χ1v) is 5.69. The zero-order valence-corrected chi connectivity index (χ0v) is 9.15. The van der Waals surface area contributed by atoms with Gasteiger partial charge in [-0.3, -0.25) is 0 Å². The van der Waals surface area contributed by atoms with E-state index in [0.29, 0.717) is 5.82 Å². The van der Waals surface area contributed by atoms with Crippen LogP contribution in [0.4, 0.5) is 5.82 Å². The van der Waals surface area contributed by atoms with E-state index in [2.05, 4.69) is 10.3 Å². The molecule has 0 bridgehead atoms. The van der Waals surface area contributed by atoms with E-state index in [1.807, 2.05) is 0 Å². The van der Waals surface area contributed by atoms with Crippen LogP contribution >= 0.6 is 0 Å². The molecular formula is C12H16N2O2. The van der Waals surface area contributed by atoms with Crippen LogP contribution in [-0.2, 0) is 0 Å². The SMILES string of the molecule is O=C(O)c1cccnc1NCCC1CCC1. The minimum absolute atomic E-state index is 0.246. The van der Waals surface area contributed by atoms with Gasteiger partial charge in [0.25, 0.3) is 0 Å². The molecule has 1 aromatic heterocycles. The number of hydrogen-bond acceptors (Lipinski definition) is 3. The molecule has 0 aromatic carbocycles. The van der Waals surface area contributed by atoms with Gasteiger partial charge in [0, 0.05) is 12.7 Å². The van der Waals surface area contributed by atoms with Gasteiger partial charge in [0.1, 0.15) is 11.4 Å². The smallest absolute Gasteiger partial charge is 0.339 e. The number of carboxylic acid groups (broad SMARTS) is 1. The Balaban J connectivity index is 1.89. The maximum absolute atomic E-state index is 10.9. The average molecular weight is 220 g/mol. The molecule has 4 heteroatoms. The maximum atomic E-state index is 10.9. The molecule has 2 N–H and O–H groups in total. The van der Waals surface area contributed by atoms with Crippen molar-refractivity contribution in [3.63, 3.8) is 0 Å². The zero-order valence-electron chi connectivity index (χ0n) is 9.15. The number of hydrogen-bond donors (Lipinski definition) is 2. The van der Waals surface area contributed by atoms with Gasteiger partial charge in [0.2, 0.25) is 0 Å². The lowest BCUT2D eigenvalue weighted by atomic mass is 9.83. The minimum atomic E-state index is -0.931. The van der Waals surface area contributed by atoms with Crippen LogP contribution < -0.4 is 5.32 Å². The van der Waals surface area contributed by atoms with E-state index in [1.54, 1.807) is 18.3 Å². The molecule has 1 aliphatic rings. The Morgan fingerprint density at radius 2 is 2.38 bits per heavy atom. The van der Waals surface area contributed by atoms with Crippen LogP contribution in [0.3, 0.4) is 0 Å². The summed E-state index contributed by atoms with van der Waals surface area (Å²) in [5, 5.41) is 12.1. The van der Waals surface area contributed by atoms with Crippen molar-refractivity contribution >= 4 is 11.8 Å². The molecule has 1 fully saturated rings. The van der Waals surface area contributed by atoms with Crippen LogP contribution in [0, 0.1) is 5.92 Å². The molecule has 0 aliphatic heterocycles. The van der Waals surface area contributed by atoms with Gasteiger partial charge in [-0.25, -0.2) is 9.78 Å². The van der Waals surface area contributed by atoms with Gasteiger partial charge in [-0.05, 0) is 24.5 Å². The summed E-state index contributed by atoms with van der Waals surface area (Å²) in [7, 11) is 0. The lowest BCUT2D eigenvalue weighted by Crippen LogP contribution is -2.17. The van der Waals surface area contributed by atoms with Gasteiger partial charge in [-0.2, -0.15) is 0 Å². The third-order valence-corrected chi connectivity index (χ3v) is 3.11. The second-order valence-corrected chi connectivity index (χ2v) is 4.22. The van der Waals surface area contributed by atoms with Crippen molar-refractivity contribution in [2.75, 3.05) is 11.9 Å². The highest BCUT2D eigenvalue weighted by Crippen LogP contribution is 2.29. The predicted molar refractivity (Wildman–Crippen MR) is 61.6 cm³/mol. The second kappa shape index (κ2) is 4.96. The number of carboxylic acids is 1. The van der Waals surface area contributed by atoms with E-state index in [1.165, 1.54) is 19.3 Å². The molecule has 1 aliphatic carbocycles. The van der Waals surface area contributed by atoms with Crippen molar-refractivity contribution in [2.45, 2.75) is 25.7 Å². The molecule has 2 rings (SSSR count). The normalized spacial score (nSPS) is 15.5. The monoisotopic (exact) mass is 220 g/mol. The molecule has 1 heterocycles. The van der Waals surface area contributed by atoms with Crippen LogP contribution in [0.1, 0.15) is 36.0 Å². The molecule has 0 unspecified atom stereocenters. The third-order valence-electron chi connectivity index (χ3n) is 3.11. The van der Waals surface area contributed by atoms with Crippen LogP contribution in [0.15, 0.2) is 18.3 Å². The Morgan fingerprint density at radius 1 is 1.56 bits per heavy atom. The third kappa shape index (κ3) is 2.51. The van der Waals surface area contributed by atoms with Gasteiger partial charge in [-0.1, -0.05) is 19.3 Å². The fourth-order valence-electron chi connectivity index (χ4n) is 1.89. The van der Waals surface area contributed by atoms with Crippen LogP contribution in [0.25, 0.3) is 0 Å². The molecule has 16 heavy (non-hydrogen) atoms. The summed E-state index contributed by atoms with van der Waals surface area (Å²) in [5.74, 6) is 0.373. The second-order valence-electron chi connectivity index (χ2n) is 4.22. The molecule has 1 aromatic rings. The first kappa shape index (κ1) is 10.9. The van der Waals surface area contributed by atoms with Gasteiger partial charge in [0.05, 0.1) is 0 Å². The van der Waals surface area contributed by atoms with Crippen LogP contribution in [-0.4, -0.2) is 22.6 Å². The fourth-order valence-corrected chi connectivity index (χ4v) is 1.89. The summed E-state index contributed by atoms with van der Waals surface area (Å²) in [6, 6.07) is 3.21. The molecule has 0 atom stereocenters.